The molecule has 0 saturated heterocycles. The van der Waals surface area contributed by atoms with Crippen LogP contribution in [0.25, 0.3) is 0 Å². The molecule has 92 valence electrons. The van der Waals surface area contributed by atoms with Gasteiger partial charge in [-0.15, -0.1) is 0 Å². The van der Waals surface area contributed by atoms with E-state index >= 15 is 0 Å². The van der Waals surface area contributed by atoms with Gasteiger partial charge in [0, 0.05) is 12.1 Å². The van der Waals surface area contributed by atoms with Gasteiger partial charge < -0.3 is 14.5 Å². The number of ether oxygens (including phenoxy) is 1. The van der Waals surface area contributed by atoms with Gasteiger partial charge in [-0.2, -0.15) is 0 Å². The van der Waals surface area contributed by atoms with Crippen LogP contribution in [0.5, 0.6) is 0 Å². The van der Waals surface area contributed by atoms with E-state index in [-0.39, 0.29) is 5.60 Å². The lowest BCUT2D eigenvalue weighted by Gasteiger charge is -2.22. The molecular weight excluding hydrogens is 202 g/mol. The van der Waals surface area contributed by atoms with Crippen molar-refractivity contribution in [3.63, 3.8) is 0 Å². The van der Waals surface area contributed by atoms with Gasteiger partial charge in [0.25, 0.3) is 0 Å². The molecule has 0 bridgehead atoms. The highest BCUT2D eigenvalue weighted by Crippen LogP contribution is 2.17. The van der Waals surface area contributed by atoms with Crippen LogP contribution in [0.4, 0.5) is 0 Å². The summed E-state index contributed by atoms with van der Waals surface area (Å²) in [5, 5.41) is 3.26. The van der Waals surface area contributed by atoms with Crippen LogP contribution in [0.15, 0.2) is 16.7 Å². The maximum Gasteiger partial charge on any atom is 0.129 e. The Labute approximate surface area is 98.2 Å². The first-order valence-corrected chi connectivity index (χ1v) is 5.98. The van der Waals surface area contributed by atoms with Crippen molar-refractivity contribution in [3.05, 3.63) is 23.7 Å². The molecule has 1 N–H and O–H groups in total. The van der Waals surface area contributed by atoms with Crippen molar-refractivity contribution in [1.82, 2.24) is 5.32 Å². The van der Waals surface area contributed by atoms with E-state index in [4.69, 9.17) is 9.15 Å². The number of furan rings is 1. The van der Waals surface area contributed by atoms with Crippen molar-refractivity contribution in [2.45, 2.75) is 52.9 Å². The SMILES string of the molecule is CCNCc1coc(COC(C)(C)CC)c1. The standard InChI is InChI=1S/C13H23NO2/c1-5-13(3,4)16-10-12-7-11(9-15-12)8-14-6-2/h7,9,14H,5-6,8,10H2,1-4H3. The maximum atomic E-state index is 5.77. The highest BCUT2D eigenvalue weighted by atomic mass is 16.5. The Morgan fingerprint density at radius 2 is 2.12 bits per heavy atom. The van der Waals surface area contributed by atoms with Crippen molar-refractivity contribution < 1.29 is 9.15 Å². The lowest BCUT2D eigenvalue weighted by Crippen LogP contribution is -2.22. The van der Waals surface area contributed by atoms with Crippen LogP contribution >= 0.6 is 0 Å². The van der Waals surface area contributed by atoms with Crippen LogP contribution in [0.3, 0.4) is 0 Å². The molecule has 1 rings (SSSR count). The van der Waals surface area contributed by atoms with E-state index in [1.807, 2.05) is 0 Å². The molecule has 0 amide bonds. The smallest absolute Gasteiger partial charge is 0.129 e. The van der Waals surface area contributed by atoms with Gasteiger partial charge in [0.1, 0.15) is 12.4 Å². The van der Waals surface area contributed by atoms with Crippen LogP contribution in [0.2, 0.25) is 0 Å². The predicted octanol–water partition coefficient (Wildman–Crippen LogP) is 3.09. The molecule has 0 unspecified atom stereocenters. The second-order valence-electron chi connectivity index (χ2n) is 4.60. The zero-order valence-electron chi connectivity index (χ0n) is 10.8. The highest BCUT2D eigenvalue weighted by Gasteiger charge is 2.16. The van der Waals surface area contributed by atoms with Gasteiger partial charge in [-0.1, -0.05) is 13.8 Å². The third-order valence-corrected chi connectivity index (χ3v) is 2.74. The first-order chi connectivity index (χ1) is 7.57. The Hall–Kier alpha value is -0.800. The monoisotopic (exact) mass is 225 g/mol. The second kappa shape index (κ2) is 6.06. The van der Waals surface area contributed by atoms with Crippen molar-refractivity contribution in [2.75, 3.05) is 6.54 Å². The van der Waals surface area contributed by atoms with E-state index in [2.05, 4.69) is 39.1 Å². The van der Waals surface area contributed by atoms with Gasteiger partial charge >= 0.3 is 0 Å². The molecule has 0 aliphatic carbocycles. The first kappa shape index (κ1) is 13.3. The number of hydrogen-bond donors (Lipinski definition) is 1. The van der Waals surface area contributed by atoms with E-state index in [0.29, 0.717) is 6.61 Å². The number of nitrogens with one attached hydrogen (secondary N) is 1. The van der Waals surface area contributed by atoms with Gasteiger partial charge in [0.05, 0.1) is 11.9 Å². The fraction of sp³-hybridized carbons (Fsp3) is 0.692. The number of hydrogen-bond acceptors (Lipinski definition) is 3. The summed E-state index contributed by atoms with van der Waals surface area (Å²) in [6.45, 7) is 10.8. The minimum Gasteiger partial charge on any atom is -0.467 e. The van der Waals surface area contributed by atoms with E-state index in [1.165, 1.54) is 5.56 Å². The van der Waals surface area contributed by atoms with Crippen LogP contribution in [0, 0.1) is 0 Å². The Morgan fingerprint density at radius 3 is 2.75 bits per heavy atom. The van der Waals surface area contributed by atoms with Crippen LogP contribution in [-0.2, 0) is 17.9 Å². The average Bonchev–Trinajstić information content (AvgIpc) is 2.72. The fourth-order valence-electron chi connectivity index (χ4n) is 1.23. The van der Waals surface area contributed by atoms with Crippen molar-refractivity contribution in [1.29, 1.82) is 0 Å². The number of rotatable bonds is 7. The topological polar surface area (TPSA) is 34.4 Å². The first-order valence-electron chi connectivity index (χ1n) is 5.98. The van der Waals surface area contributed by atoms with E-state index < -0.39 is 0 Å². The minimum atomic E-state index is -0.0748. The largest absolute Gasteiger partial charge is 0.467 e. The zero-order chi connectivity index (χ0) is 12.0. The van der Waals surface area contributed by atoms with Gasteiger partial charge in [0.15, 0.2) is 0 Å². The molecule has 3 heteroatoms. The quantitative estimate of drug-likeness (QED) is 0.774. The summed E-state index contributed by atoms with van der Waals surface area (Å²) in [4.78, 5) is 0. The van der Waals surface area contributed by atoms with Crippen molar-refractivity contribution in [2.24, 2.45) is 0 Å². The molecule has 0 spiro atoms. The van der Waals surface area contributed by atoms with E-state index in [0.717, 1.165) is 25.3 Å². The summed E-state index contributed by atoms with van der Waals surface area (Å²) >= 11 is 0. The third kappa shape index (κ3) is 4.37. The lowest BCUT2D eigenvalue weighted by molar-refractivity contribution is -0.0383. The van der Waals surface area contributed by atoms with Crippen molar-refractivity contribution >= 4 is 0 Å². The summed E-state index contributed by atoms with van der Waals surface area (Å²) in [7, 11) is 0. The molecule has 0 aliphatic rings. The van der Waals surface area contributed by atoms with Gasteiger partial charge in [-0.05, 0) is 32.9 Å². The van der Waals surface area contributed by atoms with Crippen LogP contribution in [0.1, 0.15) is 45.4 Å². The predicted molar refractivity (Wildman–Crippen MR) is 65.2 cm³/mol. The molecule has 0 aliphatic heterocycles. The average molecular weight is 225 g/mol. The Kier molecular flexibility index (Phi) is 5.03. The van der Waals surface area contributed by atoms with E-state index in [9.17, 15) is 0 Å². The normalized spacial score (nSPS) is 12.0. The van der Waals surface area contributed by atoms with Gasteiger partial charge in [-0.25, -0.2) is 0 Å². The maximum absolute atomic E-state index is 5.77. The van der Waals surface area contributed by atoms with E-state index in [1.54, 1.807) is 6.26 Å². The molecular formula is C13H23NO2. The summed E-state index contributed by atoms with van der Waals surface area (Å²) in [6.07, 6.45) is 2.79. The summed E-state index contributed by atoms with van der Waals surface area (Å²) < 4.78 is 11.2. The summed E-state index contributed by atoms with van der Waals surface area (Å²) in [5.41, 5.74) is 1.10. The van der Waals surface area contributed by atoms with Gasteiger partial charge in [0.2, 0.25) is 0 Å². The summed E-state index contributed by atoms with van der Waals surface area (Å²) in [6, 6.07) is 2.05. The second-order valence-corrected chi connectivity index (χ2v) is 4.60. The molecule has 0 fully saturated rings. The minimum absolute atomic E-state index is 0.0748. The molecule has 1 aromatic rings. The van der Waals surface area contributed by atoms with Crippen molar-refractivity contribution in [3.8, 4) is 0 Å². The van der Waals surface area contributed by atoms with Crippen LogP contribution < -0.4 is 5.32 Å². The zero-order valence-corrected chi connectivity index (χ0v) is 10.8. The molecule has 0 aromatic carbocycles. The van der Waals surface area contributed by atoms with Gasteiger partial charge in [-0.3, -0.25) is 0 Å². The summed E-state index contributed by atoms with van der Waals surface area (Å²) in [5.74, 6) is 0.898. The third-order valence-electron chi connectivity index (χ3n) is 2.74. The molecule has 0 atom stereocenters. The Balaban J connectivity index is 2.40. The van der Waals surface area contributed by atoms with Crippen LogP contribution in [-0.4, -0.2) is 12.1 Å². The highest BCUT2D eigenvalue weighted by molar-refractivity contribution is 5.12. The lowest BCUT2D eigenvalue weighted by atomic mass is 10.1. The Bertz CT molecular complexity index is 305. The molecule has 1 heterocycles. The molecule has 3 nitrogen and oxygen atoms in total. The molecule has 1 aromatic heterocycles. The fourth-order valence-corrected chi connectivity index (χ4v) is 1.23. The molecule has 16 heavy (non-hydrogen) atoms. The Morgan fingerprint density at radius 1 is 1.38 bits per heavy atom. The molecule has 0 radical (unpaired) electrons. The molecule has 0 saturated carbocycles.